The molecule has 1 aliphatic rings. The van der Waals surface area contributed by atoms with Crippen LogP contribution in [0.4, 0.5) is 5.69 Å². The van der Waals surface area contributed by atoms with E-state index in [1.165, 1.54) is 10.4 Å². The fourth-order valence-corrected chi connectivity index (χ4v) is 3.78. The highest BCUT2D eigenvalue weighted by atomic mass is 32.1. The summed E-state index contributed by atoms with van der Waals surface area (Å²) in [7, 11) is 0. The first-order valence-corrected chi connectivity index (χ1v) is 8.76. The van der Waals surface area contributed by atoms with Crippen LogP contribution in [-0.2, 0) is 16.0 Å². The molecule has 0 saturated heterocycles. The monoisotopic (exact) mass is 331 g/mol. The summed E-state index contributed by atoms with van der Waals surface area (Å²) < 4.78 is 11.2. The summed E-state index contributed by atoms with van der Waals surface area (Å²) in [5, 5.41) is 5.05. The summed E-state index contributed by atoms with van der Waals surface area (Å²) in [6.07, 6.45) is 1.16. The van der Waals surface area contributed by atoms with E-state index in [1.54, 1.807) is 11.3 Å². The number of aryl methyl sites for hydroxylation is 1. The minimum absolute atomic E-state index is 0.0245. The molecule has 1 aliphatic heterocycles. The molecular weight excluding hydrogens is 310 g/mol. The predicted octanol–water partition coefficient (Wildman–Crippen LogP) is 4.10. The summed E-state index contributed by atoms with van der Waals surface area (Å²) in [6, 6.07) is 7.83. The number of ether oxygens (including phenoxy) is 2. The molecule has 2 aromatic rings. The second kappa shape index (κ2) is 7.15. The first-order chi connectivity index (χ1) is 11.2. The third kappa shape index (κ3) is 3.74. The molecule has 0 bridgehead atoms. The van der Waals surface area contributed by atoms with Gasteiger partial charge in [0.15, 0.2) is 0 Å². The van der Waals surface area contributed by atoms with Crippen molar-refractivity contribution in [2.24, 2.45) is 0 Å². The number of amides is 1. The van der Waals surface area contributed by atoms with Crippen molar-refractivity contribution in [1.29, 1.82) is 0 Å². The van der Waals surface area contributed by atoms with Gasteiger partial charge in [-0.2, -0.15) is 0 Å². The van der Waals surface area contributed by atoms with Crippen molar-refractivity contribution in [1.82, 2.24) is 0 Å². The van der Waals surface area contributed by atoms with Crippen molar-refractivity contribution >= 4 is 22.9 Å². The highest BCUT2D eigenvalue weighted by Gasteiger charge is 2.24. The SMILES string of the molecule is CCOc1ccc(NC(=O)CC2OCCc3ccsc32)c(C)c1. The summed E-state index contributed by atoms with van der Waals surface area (Å²) in [6.45, 7) is 5.23. The molecule has 2 heterocycles. The molecule has 3 rings (SSSR count). The van der Waals surface area contributed by atoms with Crippen molar-refractivity contribution in [2.75, 3.05) is 18.5 Å². The van der Waals surface area contributed by atoms with E-state index in [9.17, 15) is 4.79 Å². The lowest BCUT2D eigenvalue weighted by Crippen LogP contribution is -2.21. The number of nitrogens with one attached hydrogen (secondary N) is 1. The van der Waals surface area contributed by atoms with Gasteiger partial charge in [0.1, 0.15) is 11.9 Å². The number of benzene rings is 1. The molecule has 0 fully saturated rings. The van der Waals surface area contributed by atoms with Gasteiger partial charge in [0.05, 0.1) is 19.6 Å². The van der Waals surface area contributed by atoms with E-state index >= 15 is 0 Å². The Bertz CT molecular complexity index is 695. The van der Waals surface area contributed by atoms with E-state index in [0.717, 1.165) is 23.4 Å². The molecule has 1 aromatic heterocycles. The molecule has 0 radical (unpaired) electrons. The lowest BCUT2D eigenvalue weighted by atomic mass is 10.1. The average molecular weight is 331 g/mol. The second-order valence-electron chi connectivity index (χ2n) is 5.58. The average Bonchev–Trinajstić information content (AvgIpc) is 3.00. The molecule has 1 amide bonds. The van der Waals surface area contributed by atoms with Gasteiger partial charge >= 0.3 is 0 Å². The minimum Gasteiger partial charge on any atom is -0.494 e. The second-order valence-corrected chi connectivity index (χ2v) is 6.53. The predicted molar refractivity (Wildman–Crippen MR) is 92.3 cm³/mol. The Morgan fingerprint density at radius 2 is 2.30 bits per heavy atom. The Labute approximate surface area is 140 Å². The van der Waals surface area contributed by atoms with Gasteiger partial charge in [-0.25, -0.2) is 0 Å². The van der Waals surface area contributed by atoms with Crippen LogP contribution in [0.15, 0.2) is 29.6 Å². The molecule has 1 atom stereocenters. The number of thiophene rings is 1. The van der Waals surface area contributed by atoms with Crippen molar-refractivity contribution in [2.45, 2.75) is 32.8 Å². The molecule has 0 saturated carbocycles. The van der Waals surface area contributed by atoms with Gasteiger partial charge in [-0.1, -0.05) is 0 Å². The number of fused-ring (bicyclic) bond motifs is 1. The van der Waals surface area contributed by atoms with E-state index in [-0.39, 0.29) is 12.0 Å². The molecular formula is C18H21NO3S. The molecule has 0 aliphatic carbocycles. The topological polar surface area (TPSA) is 47.6 Å². The fourth-order valence-electron chi connectivity index (χ4n) is 2.78. The maximum Gasteiger partial charge on any atom is 0.227 e. The number of carbonyl (C=O) groups excluding carboxylic acids is 1. The van der Waals surface area contributed by atoms with Gasteiger partial charge in [0.2, 0.25) is 5.91 Å². The molecule has 1 unspecified atom stereocenters. The van der Waals surface area contributed by atoms with E-state index in [0.29, 0.717) is 19.6 Å². The Balaban J connectivity index is 1.64. The Morgan fingerprint density at radius 1 is 1.43 bits per heavy atom. The van der Waals surface area contributed by atoms with Crippen molar-refractivity contribution in [3.05, 3.63) is 45.6 Å². The third-order valence-electron chi connectivity index (χ3n) is 3.92. The smallest absolute Gasteiger partial charge is 0.227 e. The zero-order chi connectivity index (χ0) is 16.2. The largest absolute Gasteiger partial charge is 0.494 e. The van der Waals surface area contributed by atoms with Crippen LogP contribution in [0, 0.1) is 6.92 Å². The minimum atomic E-state index is -0.123. The molecule has 4 nitrogen and oxygen atoms in total. The molecule has 1 aromatic carbocycles. The number of hydrogen-bond acceptors (Lipinski definition) is 4. The van der Waals surface area contributed by atoms with Crippen LogP contribution in [0.5, 0.6) is 5.75 Å². The van der Waals surface area contributed by atoms with E-state index in [4.69, 9.17) is 9.47 Å². The quantitative estimate of drug-likeness (QED) is 0.897. The standard InChI is InChI=1S/C18H21NO3S/c1-3-21-14-4-5-15(12(2)10-14)19-17(20)11-16-18-13(6-8-22-16)7-9-23-18/h4-5,7,9-10,16H,3,6,8,11H2,1-2H3,(H,19,20). The first-order valence-electron chi connectivity index (χ1n) is 7.88. The summed E-state index contributed by atoms with van der Waals surface area (Å²) in [5.41, 5.74) is 3.13. The summed E-state index contributed by atoms with van der Waals surface area (Å²) in [4.78, 5) is 13.5. The van der Waals surface area contributed by atoms with Gasteiger partial charge in [-0.3, -0.25) is 4.79 Å². The Hall–Kier alpha value is -1.85. The number of carbonyl (C=O) groups is 1. The molecule has 0 spiro atoms. The van der Waals surface area contributed by atoms with Gasteiger partial charge in [0.25, 0.3) is 0 Å². The first kappa shape index (κ1) is 16.0. The summed E-state index contributed by atoms with van der Waals surface area (Å²) >= 11 is 1.67. The maximum absolute atomic E-state index is 12.4. The van der Waals surface area contributed by atoms with Crippen molar-refractivity contribution in [3.63, 3.8) is 0 Å². The van der Waals surface area contributed by atoms with Gasteiger partial charge < -0.3 is 14.8 Å². The van der Waals surface area contributed by atoms with Gasteiger partial charge in [0, 0.05) is 10.6 Å². The fraction of sp³-hybridized carbons (Fsp3) is 0.389. The van der Waals surface area contributed by atoms with Gasteiger partial charge in [-0.05, 0) is 61.0 Å². The number of rotatable bonds is 5. The zero-order valence-corrected chi connectivity index (χ0v) is 14.2. The number of hydrogen-bond donors (Lipinski definition) is 1. The van der Waals surface area contributed by atoms with Crippen LogP contribution in [0.25, 0.3) is 0 Å². The summed E-state index contributed by atoms with van der Waals surface area (Å²) in [5.74, 6) is 0.797. The molecule has 23 heavy (non-hydrogen) atoms. The van der Waals surface area contributed by atoms with Crippen molar-refractivity contribution in [3.8, 4) is 5.75 Å². The Kier molecular flexibility index (Phi) is 4.98. The Morgan fingerprint density at radius 3 is 3.09 bits per heavy atom. The van der Waals surface area contributed by atoms with E-state index in [1.807, 2.05) is 32.0 Å². The van der Waals surface area contributed by atoms with Crippen LogP contribution in [0.2, 0.25) is 0 Å². The van der Waals surface area contributed by atoms with Crippen LogP contribution >= 0.6 is 11.3 Å². The highest BCUT2D eigenvalue weighted by molar-refractivity contribution is 7.10. The highest BCUT2D eigenvalue weighted by Crippen LogP contribution is 2.34. The van der Waals surface area contributed by atoms with Crippen molar-refractivity contribution < 1.29 is 14.3 Å². The lowest BCUT2D eigenvalue weighted by molar-refractivity contribution is -0.119. The maximum atomic E-state index is 12.4. The molecule has 1 N–H and O–H groups in total. The lowest BCUT2D eigenvalue weighted by Gasteiger charge is -2.22. The third-order valence-corrected chi connectivity index (χ3v) is 4.97. The van der Waals surface area contributed by atoms with E-state index < -0.39 is 0 Å². The molecule has 122 valence electrons. The van der Waals surface area contributed by atoms with Crippen LogP contribution in [0.1, 0.15) is 35.5 Å². The number of anilines is 1. The van der Waals surface area contributed by atoms with Crippen LogP contribution < -0.4 is 10.1 Å². The normalized spacial score (nSPS) is 16.7. The molecule has 5 heteroatoms. The van der Waals surface area contributed by atoms with E-state index in [2.05, 4.69) is 16.8 Å². The van der Waals surface area contributed by atoms with Gasteiger partial charge in [-0.15, -0.1) is 11.3 Å². The van der Waals surface area contributed by atoms with Crippen LogP contribution in [-0.4, -0.2) is 19.1 Å². The zero-order valence-electron chi connectivity index (χ0n) is 13.4. The van der Waals surface area contributed by atoms with Crippen LogP contribution in [0.3, 0.4) is 0 Å².